The van der Waals surface area contributed by atoms with Crippen molar-refractivity contribution in [3.63, 3.8) is 0 Å². The Balaban J connectivity index is 2.12. The molecule has 2 aliphatic heterocycles. The molecule has 1 N–H and O–H groups in total. The number of hydrogen-bond donors (Lipinski definition) is 1. The number of hydrogen-bond acceptors (Lipinski definition) is 11. The molecule has 0 aromatic rings. The van der Waals surface area contributed by atoms with Gasteiger partial charge in [0.2, 0.25) is 0 Å². The molecule has 0 spiro atoms. The first-order valence-electron chi connectivity index (χ1n) is 8.42. The molecule has 0 aromatic carbocycles. The maximum absolute atomic E-state index is 11.5. The lowest BCUT2D eigenvalue weighted by Gasteiger charge is -2.40. The highest BCUT2D eigenvalue weighted by molar-refractivity contribution is 5.95. The van der Waals surface area contributed by atoms with Crippen LogP contribution in [-0.4, -0.2) is 73.8 Å². The molecule has 1 amide bonds. The number of rotatable bonds is 7. The van der Waals surface area contributed by atoms with E-state index in [1.807, 2.05) is 0 Å². The van der Waals surface area contributed by atoms with Crippen molar-refractivity contribution < 1.29 is 52.4 Å². The molecule has 2 saturated heterocycles. The number of carbonyl (C=O) groups is 5. The van der Waals surface area contributed by atoms with Crippen molar-refractivity contribution in [3.05, 3.63) is 0 Å². The molecule has 0 radical (unpaired) electrons. The summed E-state index contributed by atoms with van der Waals surface area (Å²) >= 11 is 0. The number of alkyl carbamates (subject to hydrolysis) is 1. The van der Waals surface area contributed by atoms with Crippen molar-refractivity contribution in [3.8, 4) is 0 Å². The molecule has 0 saturated carbocycles. The molecule has 0 aromatic heterocycles. The number of ether oxygens (including phenoxy) is 6. The third kappa shape index (κ3) is 6.16. The monoisotopic (exact) mass is 403 g/mol. The van der Waals surface area contributed by atoms with E-state index in [0.29, 0.717) is 0 Å². The lowest BCUT2D eigenvalue weighted by molar-refractivity contribution is -0.279. The van der Waals surface area contributed by atoms with Gasteiger partial charge in [0.25, 0.3) is 0 Å². The average molecular weight is 403 g/mol. The van der Waals surface area contributed by atoms with Crippen LogP contribution in [0.3, 0.4) is 0 Å². The lowest BCUT2D eigenvalue weighted by atomic mass is 10.0. The van der Waals surface area contributed by atoms with Gasteiger partial charge in [-0.05, 0) is 0 Å². The van der Waals surface area contributed by atoms with Crippen LogP contribution in [0.5, 0.6) is 0 Å². The predicted octanol–water partition coefficient (Wildman–Crippen LogP) is -0.820. The Labute approximate surface area is 159 Å². The summed E-state index contributed by atoms with van der Waals surface area (Å²) in [6, 6.07) is -1.07. The molecule has 156 valence electrons. The topological polar surface area (TPSA) is 153 Å². The Kier molecular flexibility index (Phi) is 7.29. The van der Waals surface area contributed by atoms with Crippen LogP contribution in [0, 0.1) is 0 Å². The molecule has 0 bridgehead atoms. The van der Waals surface area contributed by atoms with Crippen molar-refractivity contribution in [1.82, 2.24) is 5.32 Å². The Hall–Kier alpha value is -2.73. The predicted molar refractivity (Wildman–Crippen MR) is 85.4 cm³/mol. The number of amides is 1. The first-order chi connectivity index (χ1) is 13.2. The Morgan fingerprint density at radius 2 is 1.71 bits per heavy atom. The fourth-order valence-electron chi connectivity index (χ4n) is 2.69. The summed E-state index contributed by atoms with van der Waals surface area (Å²) in [5.74, 6) is -2.67. The largest absolute Gasteiger partial charge is 0.463 e. The van der Waals surface area contributed by atoms with Crippen molar-refractivity contribution in [1.29, 1.82) is 0 Å². The molecular formula is C16H21NO11. The van der Waals surface area contributed by atoms with Gasteiger partial charge in [0.05, 0.1) is 12.7 Å². The minimum absolute atomic E-state index is 0.0763. The standard InChI is InChI=1S/C16H21NO11/c1-7(18)23-5-10-4-12(25-8(2)19)13(26-9(3)20)15(27-10)24-6-11-14(21)28-16(22)17-11/h10-13,15H,4-6H2,1-3H3,(H,17,22). The Bertz CT molecular complexity index is 649. The van der Waals surface area contributed by atoms with Gasteiger partial charge in [-0.25, -0.2) is 9.59 Å². The van der Waals surface area contributed by atoms with Gasteiger partial charge in [0.1, 0.15) is 12.7 Å². The maximum Gasteiger partial charge on any atom is 0.415 e. The molecule has 5 atom stereocenters. The van der Waals surface area contributed by atoms with Gasteiger partial charge < -0.3 is 33.7 Å². The molecule has 0 aliphatic carbocycles. The average Bonchev–Trinajstić information content (AvgIpc) is 2.90. The zero-order valence-electron chi connectivity index (χ0n) is 15.5. The number of nitrogens with one attached hydrogen (secondary N) is 1. The smallest absolute Gasteiger partial charge is 0.415 e. The van der Waals surface area contributed by atoms with Crippen LogP contribution in [0.1, 0.15) is 27.2 Å². The highest BCUT2D eigenvalue weighted by Gasteiger charge is 2.45. The highest BCUT2D eigenvalue weighted by Crippen LogP contribution is 2.27. The summed E-state index contributed by atoms with van der Waals surface area (Å²) in [6.07, 6.45) is -4.89. The first-order valence-corrected chi connectivity index (χ1v) is 8.42. The first kappa shape index (κ1) is 21.6. The van der Waals surface area contributed by atoms with Gasteiger partial charge >= 0.3 is 30.0 Å². The zero-order valence-corrected chi connectivity index (χ0v) is 15.5. The maximum atomic E-state index is 11.5. The molecule has 2 aliphatic rings. The van der Waals surface area contributed by atoms with Crippen LogP contribution in [0.15, 0.2) is 0 Å². The lowest BCUT2D eigenvalue weighted by Crippen LogP contribution is -2.54. The third-order valence-corrected chi connectivity index (χ3v) is 3.75. The second kappa shape index (κ2) is 9.46. The molecule has 2 heterocycles. The van der Waals surface area contributed by atoms with Gasteiger partial charge in [-0.15, -0.1) is 0 Å². The van der Waals surface area contributed by atoms with Crippen LogP contribution >= 0.6 is 0 Å². The second-order valence-corrected chi connectivity index (χ2v) is 6.13. The van der Waals surface area contributed by atoms with Gasteiger partial charge in [-0.2, -0.15) is 0 Å². The van der Waals surface area contributed by atoms with Gasteiger partial charge in [0.15, 0.2) is 18.4 Å². The summed E-state index contributed by atoms with van der Waals surface area (Å²) in [5, 5.41) is 2.24. The Morgan fingerprint density at radius 1 is 1.04 bits per heavy atom. The quantitative estimate of drug-likeness (QED) is 0.322. The van der Waals surface area contributed by atoms with E-state index in [4.69, 9.17) is 23.7 Å². The van der Waals surface area contributed by atoms with Gasteiger partial charge in [0, 0.05) is 27.2 Å². The summed E-state index contributed by atoms with van der Waals surface area (Å²) in [6.45, 7) is 3.06. The van der Waals surface area contributed by atoms with Crippen molar-refractivity contribution in [2.45, 2.75) is 57.8 Å². The molecule has 2 fully saturated rings. The summed E-state index contributed by atoms with van der Waals surface area (Å²) in [4.78, 5) is 56.6. The summed E-state index contributed by atoms with van der Waals surface area (Å²) < 4.78 is 30.8. The van der Waals surface area contributed by atoms with Gasteiger partial charge in [-0.1, -0.05) is 0 Å². The molecule has 28 heavy (non-hydrogen) atoms. The minimum Gasteiger partial charge on any atom is -0.463 e. The molecule has 12 nitrogen and oxygen atoms in total. The number of esters is 4. The van der Waals surface area contributed by atoms with E-state index in [9.17, 15) is 24.0 Å². The second-order valence-electron chi connectivity index (χ2n) is 6.13. The van der Waals surface area contributed by atoms with Crippen LogP contribution in [0.4, 0.5) is 4.79 Å². The van der Waals surface area contributed by atoms with Crippen LogP contribution in [0.25, 0.3) is 0 Å². The van der Waals surface area contributed by atoms with Crippen LogP contribution in [0.2, 0.25) is 0 Å². The van der Waals surface area contributed by atoms with Crippen molar-refractivity contribution in [2.75, 3.05) is 13.2 Å². The summed E-state index contributed by atoms with van der Waals surface area (Å²) in [5.41, 5.74) is 0. The third-order valence-electron chi connectivity index (χ3n) is 3.75. The van der Waals surface area contributed by atoms with E-state index in [-0.39, 0.29) is 19.6 Å². The van der Waals surface area contributed by atoms with E-state index < -0.39 is 60.6 Å². The number of carbonyl (C=O) groups excluding carboxylic acids is 5. The van der Waals surface area contributed by atoms with E-state index in [1.165, 1.54) is 13.8 Å². The van der Waals surface area contributed by atoms with Gasteiger partial charge in [-0.3, -0.25) is 14.4 Å². The molecule has 2 rings (SSSR count). The van der Waals surface area contributed by atoms with Crippen molar-refractivity contribution >= 4 is 30.0 Å². The minimum atomic E-state index is -1.26. The SMILES string of the molecule is CC(=O)OCC1CC(OC(C)=O)C(OC(C)=O)C(OCC2NC(=O)OC2=O)O1. The van der Waals surface area contributed by atoms with Crippen LogP contribution < -0.4 is 5.32 Å². The Morgan fingerprint density at radius 3 is 2.25 bits per heavy atom. The zero-order chi connectivity index (χ0) is 20.8. The molecule has 5 unspecified atom stereocenters. The normalized spacial score (nSPS) is 29.5. The van der Waals surface area contributed by atoms with E-state index in [0.717, 1.165) is 6.92 Å². The van der Waals surface area contributed by atoms with E-state index in [1.54, 1.807) is 0 Å². The fraction of sp³-hybridized carbons (Fsp3) is 0.688. The molecule has 12 heteroatoms. The van der Waals surface area contributed by atoms with Crippen LogP contribution in [-0.2, 0) is 47.6 Å². The number of cyclic esters (lactones) is 2. The molecular weight excluding hydrogens is 382 g/mol. The van der Waals surface area contributed by atoms with E-state index >= 15 is 0 Å². The fourth-order valence-corrected chi connectivity index (χ4v) is 2.69. The highest BCUT2D eigenvalue weighted by atomic mass is 16.7. The summed E-state index contributed by atoms with van der Waals surface area (Å²) in [7, 11) is 0. The van der Waals surface area contributed by atoms with Crippen molar-refractivity contribution in [2.24, 2.45) is 0 Å². The van der Waals surface area contributed by atoms with E-state index in [2.05, 4.69) is 10.1 Å².